The van der Waals surface area contributed by atoms with Crippen molar-refractivity contribution in [3.63, 3.8) is 0 Å². The SMILES string of the molecule is COC(=O)Cn1c(=NS(=O)(=O)c2ccc(Cl)s2)sc2cc(C(=O)OC)ccc21. The van der Waals surface area contributed by atoms with Gasteiger partial charge in [-0.1, -0.05) is 22.9 Å². The van der Waals surface area contributed by atoms with E-state index in [0.29, 0.717) is 20.1 Å². The van der Waals surface area contributed by atoms with Gasteiger partial charge in [0.2, 0.25) is 4.80 Å². The number of aromatic nitrogens is 1. The van der Waals surface area contributed by atoms with E-state index in [4.69, 9.17) is 16.3 Å². The second-order valence-electron chi connectivity index (χ2n) is 5.35. The molecule has 0 bridgehead atoms. The van der Waals surface area contributed by atoms with Crippen molar-refractivity contribution in [2.45, 2.75) is 10.8 Å². The fraction of sp³-hybridized carbons (Fsp3) is 0.188. The summed E-state index contributed by atoms with van der Waals surface area (Å²) in [5.41, 5.74) is 0.821. The topological polar surface area (TPSA) is 104 Å². The van der Waals surface area contributed by atoms with Gasteiger partial charge in [0, 0.05) is 0 Å². The normalized spacial score (nSPS) is 12.3. The van der Waals surface area contributed by atoms with Crippen LogP contribution in [0.3, 0.4) is 0 Å². The molecule has 8 nitrogen and oxygen atoms in total. The Bertz CT molecular complexity index is 1240. The van der Waals surface area contributed by atoms with E-state index in [1.54, 1.807) is 12.1 Å². The Morgan fingerprint density at radius 1 is 1.14 bits per heavy atom. The lowest BCUT2D eigenvalue weighted by molar-refractivity contribution is -0.141. The number of hydrogen-bond acceptors (Lipinski definition) is 8. The molecule has 0 atom stereocenters. The molecule has 0 N–H and O–H groups in total. The van der Waals surface area contributed by atoms with Gasteiger partial charge in [0.15, 0.2) is 0 Å². The number of carbonyl (C=O) groups excluding carboxylic acids is 2. The third-order valence-corrected chi connectivity index (χ3v) is 7.74. The molecule has 28 heavy (non-hydrogen) atoms. The summed E-state index contributed by atoms with van der Waals surface area (Å²) in [5.74, 6) is -1.11. The van der Waals surface area contributed by atoms with Gasteiger partial charge < -0.3 is 14.0 Å². The molecule has 0 saturated carbocycles. The summed E-state index contributed by atoms with van der Waals surface area (Å²) in [6.45, 7) is -0.242. The minimum Gasteiger partial charge on any atom is -0.468 e. The van der Waals surface area contributed by atoms with Crippen LogP contribution in [0.5, 0.6) is 0 Å². The quantitative estimate of drug-likeness (QED) is 0.542. The smallest absolute Gasteiger partial charge is 0.337 e. The lowest BCUT2D eigenvalue weighted by Gasteiger charge is -2.04. The largest absolute Gasteiger partial charge is 0.468 e. The summed E-state index contributed by atoms with van der Waals surface area (Å²) in [4.78, 5) is 23.6. The number of hydrogen-bond donors (Lipinski definition) is 0. The van der Waals surface area contributed by atoms with Crippen LogP contribution in [0.1, 0.15) is 10.4 Å². The van der Waals surface area contributed by atoms with Crippen LogP contribution in [-0.2, 0) is 30.8 Å². The highest BCUT2D eigenvalue weighted by atomic mass is 35.5. The zero-order valence-corrected chi connectivity index (χ0v) is 17.7. The second kappa shape index (κ2) is 8.03. The number of rotatable bonds is 5. The van der Waals surface area contributed by atoms with Gasteiger partial charge in [-0.2, -0.15) is 8.42 Å². The molecule has 2 aromatic heterocycles. The standard InChI is InChI=1S/C16H13ClN2O6S3/c1-24-13(20)8-19-10-4-3-9(15(21)25-2)7-11(10)26-16(19)18-28(22,23)14-6-5-12(17)27-14/h3-7H,8H2,1-2H3. The van der Waals surface area contributed by atoms with Gasteiger partial charge in [0.05, 0.1) is 34.3 Å². The van der Waals surface area contributed by atoms with E-state index in [-0.39, 0.29) is 15.6 Å². The van der Waals surface area contributed by atoms with E-state index in [1.807, 2.05) is 0 Å². The van der Waals surface area contributed by atoms with Gasteiger partial charge in [0.25, 0.3) is 10.0 Å². The summed E-state index contributed by atoms with van der Waals surface area (Å²) in [6, 6.07) is 7.48. The molecule has 12 heteroatoms. The predicted octanol–water partition coefficient (Wildman–Crippen LogP) is 2.67. The maximum Gasteiger partial charge on any atom is 0.337 e. The highest BCUT2D eigenvalue weighted by molar-refractivity contribution is 7.92. The van der Waals surface area contributed by atoms with E-state index in [1.165, 1.54) is 37.0 Å². The highest BCUT2D eigenvalue weighted by Gasteiger charge is 2.19. The van der Waals surface area contributed by atoms with Crippen molar-refractivity contribution >= 4 is 66.5 Å². The molecule has 0 aliphatic carbocycles. The average molecular weight is 461 g/mol. The van der Waals surface area contributed by atoms with Crippen molar-refractivity contribution in [3.05, 3.63) is 45.0 Å². The fourth-order valence-corrected chi connectivity index (χ4v) is 6.05. The highest BCUT2D eigenvalue weighted by Crippen LogP contribution is 2.27. The Hall–Kier alpha value is -2.21. The molecular weight excluding hydrogens is 448 g/mol. The first kappa shape index (κ1) is 20.5. The Morgan fingerprint density at radius 3 is 2.50 bits per heavy atom. The van der Waals surface area contributed by atoms with Gasteiger partial charge >= 0.3 is 11.9 Å². The zero-order chi connectivity index (χ0) is 20.5. The van der Waals surface area contributed by atoms with Crippen molar-refractivity contribution in [1.82, 2.24) is 4.57 Å². The van der Waals surface area contributed by atoms with Crippen LogP contribution in [0.25, 0.3) is 10.2 Å². The molecular formula is C16H13ClN2O6S3. The molecule has 3 aromatic rings. The molecule has 0 aliphatic rings. The molecule has 0 spiro atoms. The Kier molecular flexibility index (Phi) is 5.89. The van der Waals surface area contributed by atoms with Crippen LogP contribution < -0.4 is 4.80 Å². The van der Waals surface area contributed by atoms with E-state index in [9.17, 15) is 18.0 Å². The number of methoxy groups -OCH3 is 2. The molecule has 0 amide bonds. The first-order valence-corrected chi connectivity index (χ1v) is 11.0. The van der Waals surface area contributed by atoms with Gasteiger partial charge in [-0.15, -0.1) is 15.7 Å². The number of nitrogens with zero attached hydrogens (tertiary/aromatic N) is 2. The third-order valence-electron chi connectivity index (χ3n) is 3.62. The number of thiophene rings is 1. The van der Waals surface area contributed by atoms with Crippen LogP contribution in [0, 0.1) is 0 Å². The van der Waals surface area contributed by atoms with Crippen molar-refractivity contribution in [1.29, 1.82) is 0 Å². The van der Waals surface area contributed by atoms with Gasteiger partial charge in [0.1, 0.15) is 10.8 Å². The zero-order valence-electron chi connectivity index (χ0n) is 14.5. The monoisotopic (exact) mass is 460 g/mol. The molecule has 148 valence electrons. The molecule has 0 radical (unpaired) electrons. The van der Waals surface area contributed by atoms with E-state index in [2.05, 4.69) is 9.13 Å². The second-order valence-corrected chi connectivity index (χ2v) is 9.90. The van der Waals surface area contributed by atoms with Crippen LogP contribution in [0.15, 0.2) is 38.9 Å². The number of fused-ring (bicyclic) bond motifs is 1. The van der Waals surface area contributed by atoms with Crippen molar-refractivity contribution < 1.29 is 27.5 Å². The first-order valence-electron chi connectivity index (χ1n) is 7.60. The number of carbonyl (C=O) groups is 2. The lowest BCUT2D eigenvalue weighted by Crippen LogP contribution is -2.22. The lowest BCUT2D eigenvalue weighted by atomic mass is 10.2. The van der Waals surface area contributed by atoms with Crippen LogP contribution in [0.4, 0.5) is 0 Å². The predicted molar refractivity (Wildman–Crippen MR) is 105 cm³/mol. The van der Waals surface area contributed by atoms with Crippen molar-refractivity contribution in [2.24, 2.45) is 4.40 Å². The van der Waals surface area contributed by atoms with Gasteiger partial charge in [-0.05, 0) is 30.3 Å². The number of benzene rings is 1. The number of thiazole rings is 1. The fourth-order valence-electron chi connectivity index (χ4n) is 2.32. The van der Waals surface area contributed by atoms with Crippen molar-refractivity contribution in [2.75, 3.05) is 14.2 Å². The van der Waals surface area contributed by atoms with Gasteiger partial charge in [-0.3, -0.25) is 4.79 Å². The van der Waals surface area contributed by atoms with Crippen LogP contribution >= 0.6 is 34.3 Å². The summed E-state index contributed by atoms with van der Waals surface area (Å²) in [7, 11) is -1.54. The Balaban J connectivity index is 2.23. The Labute approximate surface area is 172 Å². The third kappa shape index (κ3) is 4.12. The summed E-state index contributed by atoms with van der Waals surface area (Å²) >= 11 is 7.72. The minimum absolute atomic E-state index is 0.0187. The summed E-state index contributed by atoms with van der Waals surface area (Å²) < 4.78 is 40.8. The molecule has 0 aliphatic heterocycles. The number of ether oxygens (including phenoxy) is 2. The van der Waals surface area contributed by atoms with Crippen molar-refractivity contribution in [3.8, 4) is 0 Å². The molecule has 0 fully saturated rings. The molecule has 0 unspecified atom stereocenters. The Morgan fingerprint density at radius 2 is 1.89 bits per heavy atom. The molecule has 1 aromatic carbocycles. The van der Waals surface area contributed by atoms with E-state index < -0.39 is 22.0 Å². The minimum atomic E-state index is -4.03. The number of halogens is 1. The van der Waals surface area contributed by atoms with Crippen LogP contribution in [-0.4, -0.2) is 39.1 Å². The maximum atomic E-state index is 12.6. The molecule has 3 rings (SSSR count). The maximum absolute atomic E-state index is 12.6. The number of esters is 2. The van der Waals surface area contributed by atoms with E-state index >= 15 is 0 Å². The van der Waals surface area contributed by atoms with Crippen LogP contribution in [0.2, 0.25) is 4.34 Å². The van der Waals surface area contributed by atoms with E-state index in [0.717, 1.165) is 22.7 Å². The molecule has 2 heterocycles. The number of sulfonamides is 1. The summed E-state index contributed by atoms with van der Waals surface area (Å²) in [5, 5.41) is 0. The molecule has 0 saturated heterocycles. The summed E-state index contributed by atoms with van der Waals surface area (Å²) in [6.07, 6.45) is 0. The average Bonchev–Trinajstić information content (AvgIpc) is 3.24. The first-order chi connectivity index (χ1) is 13.2. The van der Waals surface area contributed by atoms with Gasteiger partial charge in [-0.25, -0.2) is 4.79 Å².